The number of nitrogens with zero attached hydrogens (tertiary/aromatic N) is 3. The molecular weight excluding hydrogens is 281 g/mol. The molecule has 2 heterocycles. The Kier molecular flexibility index (Phi) is 4.22. The number of carbonyl (C=O) groups excluding carboxylic acids is 1. The van der Waals surface area contributed by atoms with Gasteiger partial charge in [-0.05, 0) is 36.6 Å². The van der Waals surface area contributed by atoms with E-state index in [1.54, 1.807) is 16.9 Å². The van der Waals surface area contributed by atoms with Crippen LogP contribution < -0.4 is 0 Å². The lowest BCUT2D eigenvalue weighted by molar-refractivity contribution is 0.0778. The molecule has 0 bridgehead atoms. The number of carbonyl (C=O) groups is 1. The van der Waals surface area contributed by atoms with Gasteiger partial charge in [-0.3, -0.25) is 9.48 Å². The smallest absolute Gasteiger partial charge is 0.272 e. The van der Waals surface area contributed by atoms with Crippen LogP contribution in [0.4, 0.5) is 4.39 Å². The van der Waals surface area contributed by atoms with Crippen LogP contribution in [-0.2, 0) is 6.54 Å². The molecule has 0 aliphatic carbocycles. The zero-order valence-electron chi connectivity index (χ0n) is 12.7. The lowest BCUT2D eigenvalue weighted by atomic mass is 9.99. The lowest BCUT2D eigenvalue weighted by Crippen LogP contribution is -2.30. The minimum Gasteiger partial charge on any atom is -0.337 e. The molecule has 0 N–H and O–H groups in total. The second-order valence-corrected chi connectivity index (χ2v) is 5.73. The van der Waals surface area contributed by atoms with Crippen LogP contribution >= 0.6 is 0 Å². The van der Waals surface area contributed by atoms with Crippen molar-refractivity contribution in [1.29, 1.82) is 0 Å². The predicted octanol–water partition coefficient (Wildman–Crippen LogP) is 3.06. The first kappa shape index (κ1) is 14.8. The van der Waals surface area contributed by atoms with E-state index in [0.717, 1.165) is 31.5 Å². The van der Waals surface area contributed by atoms with Crippen molar-refractivity contribution in [2.24, 2.45) is 0 Å². The number of amides is 1. The lowest BCUT2D eigenvalue weighted by Gasteiger charge is -2.17. The van der Waals surface area contributed by atoms with Gasteiger partial charge in [0.15, 0.2) is 0 Å². The highest BCUT2D eigenvalue weighted by molar-refractivity contribution is 5.92. The van der Waals surface area contributed by atoms with Crippen molar-refractivity contribution in [3.63, 3.8) is 0 Å². The zero-order chi connectivity index (χ0) is 15.5. The Bertz CT molecular complexity index is 650. The molecule has 5 heteroatoms. The molecule has 22 heavy (non-hydrogen) atoms. The van der Waals surface area contributed by atoms with Crippen molar-refractivity contribution in [1.82, 2.24) is 14.7 Å². The van der Waals surface area contributed by atoms with Crippen molar-refractivity contribution >= 4 is 5.91 Å². The molecule has 1 aromatic heterocycles. The van der Waals surface area contributed by atoms with E-state index in [2.05, 4.69) is 12.0 Å². The average Bonchev–Trinajstić information content (AvgIpc) is 3.17. The quantitative estimate of drug-likeness (QED) is 0.870. The maximum atomic E-state index is 13.0. The number of rotatable bonds is 4. The molecule has 0 saturated carbocycles. The predicted molar refractivity (Wildman–Crippen MR) is 82.2 cm³/mol. The topological polar surface area (TPSA) is 38.1 Å². The van der Waals surface area contributed by atoms with Gasteiger partial charge in [-0.2, -0.15) is 5.10 Å². The summed E-state index contributed by atoms with van der Waals surface area (Å²) in [4.78, 5) is 14.5. The molecule has 1 atom stereocenters. The van der Waals surface area contributed by atoms with Gasteiger partial charge in [0.1, 0.15) is 11.5 Å². The number of aryl methyl sites for hydroxylation is 1. The zero-order valence-corrected chi connectivity index (χ0v) is 12.7. The minimum atomic E-state index is -0.224. The summed E-state index contributed by atoms with van der Waals surface area (Å²) in [6.45, 7) is 4.24. The molecule has 2 aromatic rings. The van der Waals surface area contributed by atoms with E-state index in [1.165, 1.54) is 12.1 Å². The first-order chi connectivity index (χ1) is 10.7. The summed E-state index contributed by atoms with van der Waals surface area (Å²) in [6, 6.07) is 8.38. The largest absolute Gasteiger partial charge is 0.337 e. The number of benzene rings is 1. The van der Waals surface area contributed by atoms with Gasteiger partial charge < -0.3 is 4.90 Å². The van der Waals surface area contributed by atoms with Gasteiger partial charge in [0.25, 0.3) is 5.91 Å². The Morgan fingerprint density at radius 2 is 2.09 bits per heavy atom. The van der Waals surface area contributed by atoms with E-state index in [0.29, 0.717) is 12.2 Å². The van der Waals surface area contributed by atoms with Crippen LogP contribution in [0.3, 0.4) is 0 Å². The van der Waals surface area contributed by atoms with E-state index < -0.39 is 0 Å². The standard InChI is InChI=1S/C17H20FN3O/c1-2-10-21-16(7-9-19-21)17(22)20-11-8-14(12-20)13-3-5-15(18)6-4-13/h3-7,9,14H,2,8,10-12H2,1H3/t14-/m0/s1. The van der Waals surface area contributed by atoms with Gasteiger partial charge in [0.05, 0.1) is 0 Å². The molecule has 1 aliphatic heterocycles. The number of hydrogen-bond acceptors (Lipinski definition) is 2. The first-order valence-corrected chi connectivity index (χ1v) is 7.75. The highest BCUT2D eigenvalue weighted by Crippen LogP contribution is 2.28. The Balaban J connectivity index is 1.70. The summed E-state index contributed by atoms with van der Waals surface area (Å²) < 4.78 is 14.8. The molecule has 4 nitrogen and oxygen atoms in total. The molecule has 0 spiro atoms. The molecule has 3 rings (SSSR count). The van der Waals surface area contributed by atoms with Crippen molar-refractivity contribution in [2.75, 3.05) is 13.1 Å². The maximum absolute atomic E-state index is 13.0. The molecule has 0 unspecified atom stereocenters. The number of likely N-dealkylation sites (tertiary alicyclic amines) is 1. The minimum absolute atomic E-state index is 0.0376. The van der Waals surface area contributed by atoms with Crippen LogP contribution in [0, 0.1) is 5.82 Å². The van der Waals surface area contributed by atoms with Crippen LogP contribution in [0.2, 0.25) is 0 Å². The number of halogens is 1. The van der Waals surface area contributed by atoms with E-state index in [-0.39, 0.29) is 17.6 Å². The van der Waals surface area contributed by atoms with Crippen LogP contribution in [-0.4, -0.2) is 33.7 Å². The highest BCUT2D eigenvalue weighted by atomic mass is 19.1. The van der Waals surface area contributed by atoms with Gasteiger partial charge in [-0.1, -0.05) is 19.1 Å². The highest BCUT2D eigenvalue weighted by Gasteiger charge is 2.29. The molecule has 116 valence electrons. The molecule has 1 aromatic carbocycles. The Morgan fingerprint density at radius 3 is 2.82 bits per heavy atom. The third kappa shape index (κ3) is 2.89. The second kappa shape index (κ2) is 6.30. The molecule has 1 saturated heterocycles. The monoisotopic (exact) mass is 301 g/mol. The Hall–Kier alpha value is -2.17. The molecule has 1 fully saturated rings. The normalized spacial score (nSPS) is 17.9. The fraction of sp³-hybridized carbons (Fsp3) is 0.412. The number of hydrogen-bond donors (Lipinski definition) is 0. The molecule has 1 amide bonds. The van der Waals surface area contributed by atoms with Crippen molar-refractivity contribution < 1.29 is 9.18 Å². The molecular formula is C17H20FN3O. The maximum Gasteiger partial charge on any atom is 0.272 e. The summed E-state index contributed by atoms with van der Waals surface area (Å²) in [5, 5.41) is 4.21. The second-order valence-electron chi connectivity index (χ2n) is 5.73. The summed E-state index contributed by atoms with van der Waals surface area (Å²) in [5.74, 6) is 0.0980. The first-order valence-electron chi connectivity index (χ1n) is 7.75. The van der Waals surface area contributed by atoms with Crippen molar-refractivity contribution in [3.8, 4) is 0 Å². The van der Waals surface area contributed by atoms with E-state index >= 15 is 0 Å². The van der Waals surface area contributed by atoms with E-state index in [9.17, 15) is 9.18 Å². The van der Waals surface area contributed by atoms with E-state index in [4.69, 9.17) is 0 Å². The van der Waals surface area contributed by atoms with Gasteiger partial charge in [-0.15, -0.1) is 0 Å². The third-order valence-electron chi connectivity index (χ3n) is 4.19. The average molecular weight is 301 g/mol. The SMILES string of the molecule is CCCn1nccc1C(=O)N1CC[C@H](c2ccc(F)cc2)C1. The van der Waals surface area contributed by atoms with Gasteiger partial charge in [-0.25, -0.2) is 4.39 Å². The molecule has 1 aliphatic rings. The van der Waals surface area contributed by atoms with Crippen molar-refractivity contribution in [3.05, 3.63) is 53.6 Å². The summed E-state index contributed by atoms with van der Waals surface area (Å²) in [6.07, 6.45) is 3.54. The van der Waals surface area contributed by atoms with Crippen LogP contribution in [0.1, 0.15) is 41.7 Å². The fourth-order valence-electron chi connectivity index (χ4n) is 3.02. The van der Waals surface area contributed by atoms with Gasteiger partial charge >= 0.3 is 0 Å². The summed E-state index contributed by atoms with van der Waals surface area (Å²) >= 11 is 0. The van der Waals surface area contributed by atoms with Crippen LogP contribution in [0.25, 0.3) is 0 Å². The molecule has 0 radical (unpaired) electrons. The van der Waals surface area contributed by atoms with Crippen LogP contribution in [0.5, 0.6) is 0 Å². The Labute approximate surface area is 129 Å². The van der Waals surface area contributed by atoms with Crippen LogP contribution in [0.15, 0.2) is 36.5 Å². The Morgan fingerprint density at radius 1 is 1.32 bits per heavy atom. The van der Waals surface area contributed by atoms with E-state index in [1.807, 2.05) is 17.0 Å². The third-order valence-corrected chi connectivity index (χ3v) is 4.19. The van der Waals surface area contributed by atoms with Crippen molar-refractivity contribution in [2.45, 2.75) is 32.2 Å². The number of aromatic nitrogens is 2. The summed E-state index contributed by atoms with van der Waals surface area (Å²) in [5.41, 5.74) is 1.75. The van der Waals surface area contributed by atoms with Gasteiger partial charge in [0, 0.05) is 31.7 Å². The fourth-order valence-corrected chi connectivity index (χ4v) is 3.02. The van der Waals surface area contributed by atoms with Gasteiger partial charge in [0.2, 0.25) is 0 Å². The summed E-state index contributed by atoms with van der Waals surface area (Å²) in [7, 11) is 0.